The molecule has 0 aliphatic carbocycles. The number of ether oxygens (including phenoxy) is 1. The van der Waals surface area contributed by atoms with Crippen LogP contribution in [-0.4, -0.2) is 43.5 Å². The first-order chi connectivity index (χ1) is 12.7. The first-order valence-electron chi connectivity index (χ1n) is 8.56. The summed E-state index contributed by atoms with van der Waals surface area (Å²) >= 11 is 0. The van der Waals surface area contributed by atoms with Crippen LogP contribution in [0.1, 0.15) is 20.8 Å². The van der Waals surface area contributed by atoms with Gasteiger partial charge in [0.1, 0.15) is 6.54 Å². The Bertz CT molecular complexity index is 1090. The second-order valence-electron chi connectivity index (χ2n) is 6.56. The second-order valence-corrected chi connectivity index (χ2v) is 6.56. The van der Waals surface area contributed by atoms with E-state index in [0.717, 1.165) is 4.57 Å². The van der Waals surface area contributed by atoms with Crippen molar-refractivity contribution in [3.8, 4) is 0 Å². The molecule has 3 rings (SSSR count). The van der Waals surface area contributed by atoms with E-state index in [1.165, 1.54) is 9.58 Å². The maximum absolute atomic E-state index is 13.0. The minimum atomic E-state index is -0.472. The van der Waals surface area contributed by atoms with Crippen LogP contribution in [0.25, 0.3) is 11.2 Å². The van der Waals surface area contributed by atoms with Gasteiger partial charge in [-0.3, -0.25) is 23.3 Å². The van der Waals surface area contributed by atoms with Crippen molar-refractivity contribution in [2.45, 2.75) is 33.9 Å². The number of nitrogens with zero attached hydrogens (tertiary/aromatic N) is 6. The molecule has 0 spiro atoms. The number of carbonyl (C=O) groups is 1. The van der Waals surface area contributed by atoms with Gasteiger partial charge in [0.2, 0.25) is 5.95 Å². The summed E-state index contributed by atoms with van der Waals surface area (Å²) in [7, 11) is 1.56. The fourth-order valence-electron chi connectivity index (χ4n) is 3.06. The van der Waals surface area contributed by atoms with E-state index in [1.807, 2.05) is 0 Å². The fraction of sp³-hybridized carbons (Fsp3) is 0.471. The second kappa shape index (κ2) is 6.86. The molecule has 3 heterocycles. The van der Waals surface area contributed by atoms with Gasteiger partial charge in [-0.15, -0.1) is 0 Å². The number of allylic oxidation sites excluding steroid dienone is 1. The van der Waals surface area contributed by atoms with Gasteiger partial charge in [-0.1, -0.05) is 12.2 Å². The molecule has 0 aromatic carbocycles. The number of esters is 1. The van der Waals surface area contributed by atoms with E-state index in [2.05, 4.69) is 16.7 Å². The Balaban J connectivity index is 2.23. The van der Waals surface area contributed by atoms with E-state index in [0.29, 0.717) is 23.8 Å². The molecule has 0 fully saturated rings. The molecule has 2 aromatic rings. The highest BCUT2D eigenvalue weighted by molar-refractivity contribution is 5.89. The van der Waals surface area contributed by atoms with Crippen LogP contribution in [0.15, 0.2) is 26.8 Å². The van der Waals surface area contributed by atoms with Crippen LogP contribution in [0.4, 0.5) is 5.95 Å². The maximum atomic E-state index is 13.0. The monoisotopic (exact) mass is 374 g/mol. The van der Waals surface area contributed by atoms with Crippen molar-refractivity contribution in [3.63, 3.8) is 0 Å². The molecule has 10 nitrogen and oxygen atoms in total. The summed E-state index contributed by atoms with van der Waals surface area (Å²) in [5.74, 6) is -0.132. The number of carbonyl (C=O) groups excluding carboxylic acids is 1. The van der Waals surface area contributed by atoms with E-state index in [4.69, 9.17) is 4.74 Å². The Morgan fingerprint density at radius 1 is 1.30 bits per heavy atom. The van der Waals surface area contributed by atoms with Gasteiger partial charge in [0.25, 0.3) is 5.56 Å². The zero-order valence-corrected chi connectivity index (χ0v) is 15.9. The summed E-state index contributed by atoms with van der Waals surface area (Å²) in [6, 6.07) is 0. The van der Waals surface area contributed by atoms with Gasteiger partial charge in [-0.05, 0) is 20.8 Å². The highest BCUT2D eigenvalue weighted by atomic mass is 16.5. The van der Waals surface area contributed by atoms with Crippen LogP contribution in [-0.2, 0) is 29.7 Å². The number of fused-ring (bicyclic) bond motifs is 3. The standard InChI is InChI=1S/C17H22N6O4/c1-6-27-12(24)9-23-16-18-14-13(21(16)8-11(4)19-23)15(25)22(7-10(2)3)17(26)20(14)5/h2,6-9H2,1,3-5H3. The third kappa shape index (κ3) is 3.18. The van der Waals surface area contributed by atoms with Gasteiger partial charge < -0.3 is 4.74 Å². The third-order valence-corrected chi connectivity index (χ3v) is 4.13. The Kier molecular flexibility index (Phi) is 4.73. The van der Waals surface area contributed by atoms with E-state index in [9.17, 15) is 14.4 Å². The number of hydrazone groups is 1. The highest BCUT2D eigenvalue weighted by Crippen LogP contribution is 2.23. The molecule has 0 radical (unpaired) electrons. The van der Waals surface area contributed by atoms with Crippen LogP contribution in [0.5, 0.6) is 0 Å². The first kappa shape index (κ1) is 18.6. The summed E-state index contributed by atoms with van der Waals surface area (Å²) in [6.07, 6.45) is 0. The lowest BCUT2D eigenvalue weighted by Gasteiger charge is -2.23. The zero-order valence-electron chi connectivity index (χ0n) is 15.9. The molecule has 0 saturated carbocycles. The smallest absolute Gasteiger partial charge is 0.332 e. The van der Waals surface area contributed by atoms with Crippen LogP contribution >= 0.6 is 0 Å². The molecule has 0 atom stereocenters. The minimum Gasteiger partial charge on any atom is -0.465 e. The van der Waals surface area contributed by atoms with Crippen molar-refractivity contribution in [1.29, 1.82) is 0 Å². The van der Waals surface area contributed by atoms with Crippen molar-refractivity contribution in [1.82, 2.24) is 18.7 Å². The minimum absolute atomic E-state index is 0.127. The topological polar surface area (TPSA) is 104 Å². The molecular weight excluding hydrogens is 352 g/mol. The Morgan fingerprint density at radius 3 is 2.63 bits per heavy atom. The van der Waals surface area contributed by atoms with Gasteiger partial charge in [-0.25, -0.2) is 9.80 Å². The van der Waals surface area contributed by atoms with Crippen LogP contribution in [0.2, 0.25) is 0 Å². The summed E-state index contributed by atoms with van der Waals surface area (Å²) in [5.41, 5.74) is 1.01. The van der Waals surface area contributed by atoms with Crippen molar-refractivity contribution in [2.24, 2.45) is 12.1 Å². The summed E-state index contributed by atoms with van der Waals surface area (Å²) in [4.78, 5) is 41.9. The van der Waals surface area contributed by atoms with Gasteiger partial charge >= 0.3 is 11.7 Å². The number of hydrogen-bond acceptors (Lipinski definition) is 7. The summed E-state index contributed by atoms with van der Waals surface area (Å²) in [5, 5.41) is 5.74. The van der Waals surface area contributed by atoms with Gasteiger partial charge in [0, 0.05) is 7.05 Å². The quantitative estimate of drug-likeness (QED) is 0.548. The summed E-state index contributed by atoms with van der Waals surface area (Å²) < 4.78 is 9.11. The average molecular weight is 374 g/mol. The SMILES string of the molecule is C=C(C)Cn1c(=O)c2c(nc3n2CC(C)=NN3CC(=O)OCC)n(C)c1=O. The molecule has 0 unspecified atom stereocenters. The number of aromatic nitrogens is 4. The lowest BCUT2D eigenvalue weighted by Crippen LogP contribution is -2.40. The van der Waals surface area contributed by atoms with E-state index in [1.54, 1.807) is 32.4 Å². The van der Waals surface area contributed by atoms with Crippen LogP contribution < -0.4 is 16.3 Å². The van der Waals surface area contributed by atoms with Crippen molar-refractivity contribution in [2.75, 3.05) is 18.2 Å². The first-order valence-corrected chi connectivity index (χ1v) is 8.56. The van der Waals surface area contributed by atoms with Gasteiger partial charge in [0.05, 0.1) is 25.4 Å². The lowest BCUT2D eigenvalue weighted by atomic mass is 10.3. The number of anilines is 1. The number of rotatable bonds is 5. The normalized spacial score (nSPS) is 13.5. The Labute approximate surface area is 155 Å². The van der Waals surface area contributed by atoms with Crippen molar-refractivity contribution in [3.05, 3.63) is 33.0 Å². The molecule has 27 heavy (non-hydrogen) atoms. The largest absolute Gasteiger partial charge is 0.465 e. The number of imidazole rings is 1. The summed E-state index contributed by atoms with van der Waals surface area (Å²) in [6.45, 7) is 9.63. The molecule has 0 N–H and O–H groups in total. The molecule has 144 valence electrons. The lowest BCUT2D eigenvalue weighted by molar-refractivity contribution is -0.141. The van der Waals surface area contributed by atoms with E-state index < -0.39 is 17.2 Å². The molecule has 0 saturated heterocycles. The predicted molar refractivity (Wildman–Crippen MR) is 101 cm³/mol. The van der Waals surface area contributed by atoms with Crippen LogP contribution in [0.3, 0.4) is 0 Å². The third-order valence-electron chi connectivity index (χ3n) is 4.13. The molecule has 2 aromatic heterocycles. The Hall–Kier alpha value is -3.17. The molecular formula is C17H22N6O4. The van der Waals surface area contributed by atoms with Crippen LogP contribution in [0, 0.1) is 0 Å². The van der Waals surface area contributed by atoms with Crippen molar-refractivity contribution < 1.29 is 9.53 Å². The van der Waals surface area contributed by atoms with E-state index >= 15 is 0 Å². The molecule has 1 aliphatic heterocycles. The molecule has 0 bridgehead atoms. The highest BCUT2D eigenvalue weighted by Gasteiger charge is 2.28. The average Bonchev–Trinajstić information content (AvgIpc) is 2.96. The van der Waals surface area contributed by atoms with Gasteiger partial charge in [-0.2, -0.15) is 10.1 Å². The predicted octanol–water partition coefficient (Wildman–Crippen LogP) is 0.232. The number of hydrogen-bond donors (Lipinski definition) is 0. The van der Waals surface area contributed by atoms with Gasteiger partial charge in [0.15, 0.2) is 11.2 Å². The molecule has 10 heteroatoms. The molecule has 1 aliphatic rings. The molecule has 0 amide bonds. The zero-order chi connectivity index (χ0) is 19.9. The number of aryl methyl sites for hydroxylation is 1. The van der Waals surface area contributed by atoms with E-state index in [-0.39, 0.29) is 30.9 Å². The van der Waals surface area contributed by atoms with Crippen molar-refractivity contribution >= 4 is 28.8 Å². The Morgan fingerprint density at radius 2 is 2.00 bits per heavy atom. The fourth-order valence-corrected chi connectivity index (χ4v) is 3.06. The maximum Gasteiger partial charge on any atom is 0.332 e.